The third kappa shape index (κ3) is 5.01. The summed E-state index contributed by atoms with van der Waals surface area (Å²) < 4.78 is 2.18. The molecule has 3 aromatic carbocycles. The Hall–Kier alpha value is -2.61. The van der Waals surface area contributed by atoms with Gasteiger partial charge < -0.3 is 0 Å². The first-order chi connectivity index (χ1) is 14.4. The van der Waals surface area contributed by atoms with Crippen molar-refractivity contribution in [2.75, 3.05) is 0 Å². The highest BCUT2D eigenvalue weighted by atomic mass is 79.9. The predicted molar refractivity (Wildman–Crippen MR) is 139 cm³/mol. The Balaban J connectivity index is 0.00000136. The van der Waals surface area contributed by atoms with E-state index in [4.69, 9.17) is 9.98 Å². The Bertz CT molecular complexity index is 1330. The van der Waals surface area contributed by atoms with E-state index in [-0.39, 0.29) is 34.0 Å². The summed E-state index contributed by atoms with van der Waals surface area (Å²) in [5, 5.41) is 2.40. The third-order valence-electron chi connectivity index (χ3n) is 4.70. The first kappa shape index (κ1) is 23.1. The quantitative estimate of drug-likeness (QED) is 0.257. The van der Waals surface area contributed by atoms with E-state index in [2.05, 4.69) is 63.5 Å². The Labute approximate surface area is 205 Å². The van der Waals surface area contributed by atoms with Gasteiger partial charge in [0.25, 0.3) is 0 Å². The van der Waals surface area contributed by atoms with Crippen molar-refractivity contribution in [2.45, 2.75) is 6.54 Å². The number of aromatic nitrogens is 3. The lowest BCUT2D eigenvalue weighted by molar-refractivity contribution is 0.980. The van der Waals surface area contributed by atoms with Crippen molar-refractivity contribution in [1.82, 2.24) is 13.9 Å². The minimum Gasteiger partial charge on any atom is -0.264 e. The van der Waals surface area contributed by atoms with Crippen LogP contribution in [-0.2, 0) is 6.54 Å². The molecule has 0 spiro atoms. The summed E-state index contributed by atoms with van der Waals surface area (Å²) in [4.78, 5) is 14.5. The first-order valence-electron chi connectivity index (χ1n) is 9.42. The molecule has 5 rings (SSSR count). The zero-order valence-electron chi connectivity index (χ0n) is 16.5. The van der Waals surface area contributed by atoms with Crippen molar-refractivity contribution < 1.29 is 0 Å². The fourth-order valence-corrected chi connectivity index (χ4v) is 4.22. The SMILES string of the molecule is Br.Br.c1ccc(-c2nc(=NCc3cccnc3)sn2-c2cccc3ccccc23)cc1. The Kier molecular flexibility index (Phi) is 7.90. The Morgan fingerprint density at radius 2 is 1.58 bits per heavy atom. The summed E-state index contributed by atoms with van der Waals surface area (Å²) in [6.07, 6.45) is 3.61. The second-order valence-corrected chi connectivity index (χ2v) is 7.56. The number of nitrogens with zero attached hydrogens (tertiary/aromatic N) is 4. The third-order valence-corrected chi connectivity index (χ3v) is 5.64. The molecule has 0 aliphatic heterocycles. The van der Waals surface area contributed by atoms with Crippen LogP contribution >= 0.6 is 45.5 Å². The number of hydrogen-bond donors (Lipinski definition) is 0. The van der Waals surface area contributed by atoms with Gasteiger partial charge in [-0.2, -0.15) is 4.98 Å². The molecule has 0 bridgehead atoms. The molecule has 2 heterocycles. The van der Waals surface area contributed by atoms with E-state index >= 15 is 0 Å². The van der Waals surface area contributed by atoms with Crippen LogP contribution in [0.3, 0.4) is 0 Å². The van der Waals surface area contributed by atoms with Crippen LogP contribution < -0.4 is 4.80 Å². The zero-order chi connectivity index (χ0) is 19.5. The van der Waals surface area contributed by atoms with Crippen molar-refractivity contribution in [2.24, 2.45) is 4.99 Å². The van der Waals surface area contributed by atoms with Crippen LogP contribution in [0.15, 0.2) is 102 Å². The smallest absolute Gasteiger partial charge is 0.223 e. The van der Waals surface area contributed by atoms with Crippen LogP contribution in [0.25, 0.3) is 27.8 Å². The Morgan fingerprint density at radius 1 is 0.806 bits per heavy atom. The number of rotatable bonds is 4. The molecule has 0 fully saturated rings. The van der Waals surface area contributed by atoms with E-state index < -0.39 is 0 Å². The molecule has 31 heavy (non-hydrogen) atoms. The number of benzene rings is 3. The molecule has 0 unspecified atom stereocenters. The lowest BCUT2D eigenvalue weighted by atomic mass is 10.1. The van der Waals surface area contributed by atoms with Gasteiger partial charge >= 0.3 is 0 Å². The van der Waals surface area contributed by atoms with Crippen LogP contribution in [0.2, 0.25) is 0 Å². The van der Waals surface area contributed by atoms with Crippen molar-refractivity contribution in [1.29, 1.82) is 0 Å². The van der Waals surface area contributed by atoms with Crippen molar-refractivity contribution in [3.8, 4) is 17.1 Å². The Morgan fingerprint density at radius 3 is 2.39 bits per heavy atom. The van der Waals surface area contributed by atoms with E-state index in [0.29, 0.717) is 6.54 Å². The lowest BCUT2D eigenvalue weighted by Crippen LogP contribution is -1.99. The largest absolute Gasteiger partial charge is 0.264 e. The van der Waals surface area contributed by atoms with Gasteiger partial charge in [-0.15, -0.1) is 34.0 Å². The number of hydrogen-bond acceptors (Lipinski definition) is 4. The highest BCUT2D eigenvalue weighted by Crippen LogP contribution is 2.27. The van der Waals surface area contributed by atoms with Crippen LogP contribution in [0.5, 0.6) is 0 Å². The van der Waals surface area contributed by atoms with E-state index in [1.165, 1.54) is 10.8 Å². The van der Waals surface area contributed by atoms with Crippen LogP contribution in [0, 0.1) is 0 Å². The van der Waals surface area contributed by atoms with Gasteiger partial charge in [0.2, 0.25) is 4.80 Å². The maximum atomic E-state index is 4.87. The maximum Gasteiger partial charge on any atom is 0.223 e. The molecule has 0 amide bonds. The van der Waals surface area contributed by atoms with Crippen molar-refractivity contribution in [3.05, 3.63) is 108 Å². The normalized spacial score (nSPS) is 11.0. The summed E-state index contributed by atoms with van der Waals surface area (Å²) in [5.74, 6) is 0.900. The van der Waals surface area contributed by atoms with Crippen LogP contribution in [0.1, 0.15) is 5.56 Å². The van der Waals surface area contributed by atoms with Gasteiger partial charge in [-0.3, -0.25) is 9.98 Å². The average molecular weight is 556 g/mol. The van der Waals surface area contributed by atoms with Gasteiger partial charge in [0.1, 0.15) is 0 Å². The molecule has 156 valence electrons. The predicted octanol–water partition coefficient (Wildman–Crippen LogP) is 6.41. The topological polar surface area (TPSA) is 43.1 Å². The van der Waals surface area contributed by atoms with E-state index in [1.54, 1.807) is 17.7 Å². The number of halogens is 2. The molecule has 2 aromatic heterocycles. The van der Waals surface area contributed by atoms with Crippen LogP contribution in [0.4, 0.5) is 0 Å². The molecule has 0 saturated carbocycles. The summed E-state index contributed by atoms with van der Waals surface area (Å²) >= 11 is 1.56. The highest BCUT2D eigenvalue weighted by molar-refractivity contribution is 8.93. The summed E-state index contributed by atoms with van der Waals surface area (Å²) in [6, 6.07) is 29.0. The zero-order valence-corrected chi connectivity index (χ0v) is 20.7. The van der Waals surface area contributed by atoms with Gasteiger partial charge in [-0.25, -0.2) is 3.96 Å². The molecule has 5 aromatic rings. The first-order valence-corrected chi connectivity index (χ1v) is 10.2. The molecule has 0 radical (unpaired) electrons. The standard InChI is InChI=1S/C24H18N4S.2BrH/c1-2-10-20(11-3-1)23-27-24(26-17-18-8-7-15-25-16-18)29-28(23)22-14-6-12-19-9-4-5-13-21(19)22;;/h1-16H,17H2;2*1H. The summed E-state index contributed by atoms with van der Waals surface area (Å²) in [5.41, 5.74) is 3.25. The van der Waals surface area contributed by atoms with Gasteiger partial charge in [-0.1, -0.05) is 72.8 Å². The summed E-state index contributed by atoms with van der Waals surface area (Å²) in [6.45, 7) is 0.561. The molecule has 0 N–H and O–H groups in total. The fourth-order valence-electron chi connectivity index (χ4n) is 3.31. The molecule has 0 aliphatic carbocycles. The lowest BCUT2D eigenvalue weighted by Gasteiger charge is -2.09. The molecule has 0 saturated heterocycles. The van der Waals surface area contributed by atoms with E-state index in [1.807, 2.05) is 36.5 Å². The second kappa shape index (κ2) is 10.6. The van der Waals surface area contributed by atoms with Crippen LogP contribution in [-0.4, -0.2) is 13.9 Å². The molecule has 4 nitrogen and oxygen atoms in total. The van der Waals surface area contributed by atoms with E-state index in [9.17, 15) is 0 Å². The molecule has 0 aliphatic rings. The monoisotopic (exact) mass is 554 g/mol. The number of pyridine rings is 1. The minimum absolute atomic E-state index is 0. The molecular weight excluding hydrogens is 536 g/mol. The van der Waals surface area contributed by atoms with E-state index in [0.717, 1.165) is 27.4 Å². The highest BCUT2D eigenvalue weighted by Gasteiger charge is 2.13. The average Bonchev–Trinajstić information content (AvgIpc) is 3.23. The fraction of sp³-hybridized carbons (Fsp3) is 0.0417. The maximum absolute atomic E-state index is 4.87. The minimum atomic E-state index is 0. The van der Waals surface area contributed by atoms with Gasteiger partial charge in [0.15, 0.2) is 5.82 Å². The van der Waals surface area contributed by atoms with Gasteiger partial charge in [0.05, 0.1) is 12.2 Å². The molecule has 7 heteroatoms. The van der Waals surface area contributed by atoms with Crippen molar-refractivity contribution >= 4 is 56.3 Å². The van der Waals surface area contributed by atoms with Gasteiger partial charge in [0, 0.05) is 23.3 Å². The van der Waals surface area contributed by atoms with Gasteiger partial charge in [-0.05, 0) is 34.6 Å². The number of fused-ring (bicyclic) bond motifs is 1. The summed E-state index contributed by atoms with van der Waals surface area (Å²) in [7, 11) is 0. The van der Waals surface area contributed by atoms with Crippen molar-refractivity contribution in [3.63, 3.8) is 0 Å². The molecular formula is C24H20Br2N4S. The second-order valence-electron chi connectivity index (χ2n) is 6.65. The molecule has 0 atom stereocenters.